The van der Waals surface area contributed by atoms with Crippen LogP contribution in [0, 0.1) is 10.1 Å². The van der Waals surface area contributed by atoms with Gasteiger partial charge in [-0.15, -0.1) is 12.4 Å². The van der Waals surface area contributed by atoms with Crippen LogP contribution in [-0.4, -0.2) is 35.1 Å². The molecule has 0 aliphatic rings. The first-order valence-electron chi connectivity index (χ1n) is 9.92. The van der Waals surface area contributed by atoms with Crippen LogP contribution in [-0.2, 0) is 0 Å². The van der Waals surface area contributed by atoms with Gasteiger partial charge in [0.1, 0.15) is 11.5 Å². The number of nitrogens with one attached hydrogen (secondary N) is 1. The fourth-order valence-electron chi connectivity index (χ4n) is 3.26. The highest BCUT2D eigenvalue weighted by atomic mass is 35.5. The number of nitrogens with zero attached hydrogens (tertiary/aromatic N) is 3. The van der Waals surface area contributed by atoms with Crippen molar-refractivity contribution in [2.75, 3.05) is 14.2 Å². The Morgan fingerprint density at radius 2 is 1.47 bits per heavy atom. The van der Waals surface area contributed by atoms with E-state index >= 15 is 0 Å². The third-order valence-electron chi connectivity index (χ3n) is 5.04. The lowest BCUT2D eigenvalue weighted by Crippen LogP contribution is -2.17. The summed E-state index contributed by atoms with van der Waals surface area (Å²) in [6.45, 7) is 0. The van der Waals surface area contributed by atoms with Crippen LogP contribution in [0.1, 0.15) is 5.56 Å². The van der Waals surface area contributed by atoms with Crippen molar-refractivity contribution in [2.45, 2.75) is 0 Å². The molecule has 1 N–H and O–H groups in total. The predicted molar refractivity (Wildman–Crippen MR) is 133 cm³/mol. The van der Waals surface area contributed by atoms with E-state index in [1.54, 1.807) is 50.6 Å². The van der Waals surface area contributed by atoms with Crippen molar-refractivity contribution in [3.63, 3.8) is 0 Å². The summed E-state index contributed by atoms with van der Waals surface area (Å²) in [6.07, 6.45) is 1.50. The minimum absolute atomic E-state index is 0. The van der Waals surface area contributed by atoms with Crippen LogP contribution in [0.25, 0.3) is 16.9 Å². The summed E-state index contributed by atoms with van der Waals surface area (Å²) in [5.74, 6) is 1.39. The first-order chi connectivity index (χ1) is 16.0. The quantitative estimate of drug-likeness (QED) is 0.229. The molecule has 0 aliphatic heterocycles. The normalized spacial score (nSPS) is 10.6. The SMILES string of the molecule is COc1ccc(N=Cc2c(-c3ccc(OC)cc3)[nH]n(-c3ccc([N+](=O)[O-])cc3)c2=O)cc1.Cl. The second-order valence-corrected chi connectivity index (χ2v) is 7.00. The largest absolute Gasteiger partial charge is 0.497 e. The van der Waals surface area contributed by atoms with Crippen molar-refractivity contribution < 1.29 is 14.4 Å². The van der Waals surface area contributed by atoms with Gasteiger partial charge in [0.25, 0.3) is 11.2 Å². The minimum Gasteiger partial charge on any atom is -0.497 e. The smallest absolute Gasteiger partial charge is 0.280 e. The number of nitro benzene ring substituents is 1. The number of methoxy groups -OCH3 is 2. The summed E-state index contributed by atoms with van der Waals surface area (Å²) in [4.78, 5) is 28.2. The summed E-state index contributed by atoms with van der Waals surface area (Å²) in [6, 6.07) is 20.1. The summed E-state index contributed by atoms with van der Waals surface area (Å²) >= 11 is 0. The number of aromatic amines is 1. The van der Waals surface area contributed by atoms with Crippen molar-refractivity contribution in [3.8, 4) is 28.4 Å². The van der Waals surface area contributed by atoms with Crippen LogP contribution < -0.4 is 15.0 Å². The van der Waals surface area contributed by atoms with Gasteiger partial charge in [-0.05, 0) is 60.7 Å². The van der Waals surface area contributed by atoms with Crippen molar-refractivity contribution in [1.82, 2.24) is 9.78 Å². The summed E-state index contributed by atoms with van der Waals surface area (Å²) < 4.78 is 11.7. The molecule has 0 bridgehead atoms. The van der Waals surface area contributed by atoms with Crippen molar-refractivity contribution in [3.05, 3.63) is 98.8 Å². The molecule has 0 radical (unpaired) electrons. The lowest BCUT2D eigenvalue weighted by atomic mass is 10.1. The van der Waals surface area contributed by atoms with Gasteiger partial charge in [0.2, 0.25) is 0 Å². The molecule has 10 heteroatoms. The van der Waals surface area contributed by atoms with Crippen LogP contribution in [0.3, 0.4) is 0 Å². The lowest BCUT2D eigenvalue weighted by Gasteiger charge is -2.04. The van der Waals surface area contributed by atoms with Gasteiger partial charge in [-0.3, -0.25) is 25.0 Å². The predicted octanol–water partition coefficient (Wildman–Crippen LogP) is 4.93. The Hall–Kier alpha value is -4.37. The number of nitro groups is 1. The molecule has 0 unspecified atom stereocenters. The number of non-ortho nitro benzene ring substituents is 1. The maximum Gasteiger partial charge on any atom is 0.280 e. The van der Waals surface area contributed by atoms with Gasteiger partial charge in [-0.1, -0.05) is 0 Å². The van der Waals surface area contributed by atoms with Gasteiger partial charge in [0, 0.05) is 23.9 Å². The van der Waals surface area contributed by atoms with Crippen LogP contribution in [0.5, 0.6) is 11.5 Å². The number of hydrogen-bond acceptors (Lipinski definition) is 6. The number of rotatable bonds is 7. The number of aromatic nitrogens is 2. The topological polar surface area (TPSA) is 112 Å². The average Bonchev–Trinajstić information content (AvgIpc) is 3.19. The maximum atomic E-state index is 13.3. The van der Waals surface area contributed by atoms with E-state index < -0.39 is 4.92 Å². The van der Waals surface area contributed by atoms with E-state index in [4.69, 9.17) is 9.47 Å². The van der Waals surface area contributed by atoms with E-state index in [0.717, 1.165) is 5.56 Å². The van der Waals surface area contributed by atoms with Gasteiger partial charge in [0.05, 0.1) is 41.8 Å². The molecule has 9 nitrogen and oxygen atoms in total. The number of H-pyrrole nitrogens is 1. The number of aliphatic imine (C=N–C) groups is 1. The summed E-state index contributed by atoms with van der Waals surface area (Å²) in [5.41, 5.74) is 2.36. The zero-order chi connectivity index (χ0) is 23.4. The van der Waals surface area contributed by atoms with Gasteiger partial charge >= 0.3 is 0 Å². The minimum atomic E-state index is -0.489. The Labute approximate surface area is 200 Å². The molecule has 0 atom stereocenters. The number of hydrogen-bond donors (Lipinski definition) is 1. The Morgan fingerprint density at radius 1 is 0.912 bits per heavy atom. The highest BCUT2D eigenvalue weighted by molar-refractivity contribution is 5.90. The molecular weight excluding hydrogens is 460 g/mol. The van der Waals surface area contributed by atoms with Gasteiger partial charge in [-0.25, -0.2) is 4.68 Å². The van der Waals surface area contributed by atoms with Crippen LogP contribution in [0.4, 0.5) is 11.4 Å². The molecular formula is C24H21ClN4O5. The Balaban J connectivity index is 0.00000324. The molecule has 34 heavy (non-hydrogen) atoms. The van der Waals surface area contributed by atoms with Gasteiger partial charge in [-0.2, -0.15) is 0 Å². The first-order valence-corrected chi connectivity index (χ1v) is 9.92. The molecule has 1 aromatic heterocycles. The highest BCUT2D eigenvalue weighted by Crippen LogP contribution is 2.24. The molecule has 0 saturated carbocycles. The van der Waals surface area contributed by atoms with Crippen molar-refractivity contribution >= 4 is 30.0 Å². The third-order valence-corrected chi connectivity index (χ3v) is 5.04. The van der Waals surface area contributed by atoms with Crippen LogP contribution >= 0.6 is 12.4 Å². The zero-order valence-electron chi connectivity index (χ0n) is 18.3. The third kappa shape index (κ3) is 5.00. The van der Waals surface area contributed by atoms with E-state index in [2.05, 4.69) is 10.1 Å². The first kappa shape index (κ1) is 24.3. The highest BCUT2D eigenvalue weighted by Gasteiger charge is 2.16. The molecule has 0 fully saturated rings. The molecule has 174 valence electrons. The molecule has 0 saturated heterocycles. The van der Waals surface area contributed by atoms with Crippen LogP contribution in [0.15, 0.2) is 82.6 Å². The molecule has 0 spiro atoms. The number of halogens is 1. The van der Waals surface area contributed by atoms with Crippen molar-refractivity contribution in [2.24, 2.45) is 4.99 Å². The fraction of sp³-hybridized carbons (Fsp3) is 0.0833. The summed E-state index contributed by atoms with van der Waals surface area (Å²) in [5, 5.41) is 14.1. The fourth-order valence-corrected chi connectivity index (χ4v) is 3.26. The average molecular weight is 481 g/mol. The second-order valence-electron chi connectivity index (χ2n) is 7.00. The van der Waals surface area contributed by atoms with Gasteiger partial charge in [0.15, 0.2) is 0 Å². The van der Waals surface area contributed by atoms with E-state index in [1.165, 1.54) is 35.2 Å². The van der Waals surface area contributed by atoms with E-state index in [-0.39, 0.29) is 23.7 Å². The monoisotopic (exact) mass is 480 g/mol. The second kappa shape index (κ2) is 10.5. The standard InChI is InChI=1S/C24H20N4O5.ClH/c1-32-20-11-3-16(4-12-20)23-22(15-25-17-5-13-21(33-2)14-6-17)24(29)27(26-23)18-7-9-19(10-8-18)28(30)31;/h3-15,26H,1-2H3;1H. The molecule has 1 heterocycles. The Morgan fingerprint density at radius 3 is 2.00 bits per heavy atom. The Bertz CT molecular complexity index is 1360. The molecule has 0 amide bonds. The maximum absolute atomic E-state index is 13.3. The van der Waals surface area contributed by atoms with Crippen molar-refractivity contribution in [1.29, 1.82) is 0 Å². The summed E-state index contributed by atoms with van der Waals surface area (Å²) in [7, 11) is 3.16. The van der Waals surface area contributed by atoms with E-state index in [1.807, 2.05) is 12.1 Å². The Kier molecular flexibility index (Phi) is 7.50. The van der Waals surface area contributed by atoms with Gasteiger partial charge < -0.3 is 9.47 Å². The molecule has 4 aromatic rings. The van der Waals surface area contributed by atoms with E-state index in [9.17, 15) is 14.9 Å². The number of benzene rings is 3. The zero-order valence-corrected chi connectivity index (χ0v) is 19.1. The van der Waals surface area contributed by atoms with E-state index in [0.29, 0.717) is 34.1 Å². The number of ether oxygens (including phenoxy) is 2. The molecule has 0 aliphatic carbocycles. The molecule has 3 aromatic carbocycles. The molecule has 4 rings (SSSR count). The lowest BCUT2D eigenvalue weighted by molar-refractivity contribution is -0.384. The van der Waals surface area contributed by atoms with Crippen LogP contribution in [0.2, 0.25) is 0 Å².